The molecule has 1 aliphatic heterocycles. The third-order valence-electron chi connectivity index (χ3n) is 4.36. The molecule has 22 heavy (non-hydrogen) atoms. The molecule has 0 saturated carbocycles. The minimum Gasteiger partial charge on any atom is -0.350 e. The minimum absolute atomic E-state index is 0.0920. The predicted molar refractivity (Wildman–Crippen MR) is 87.8 cm³/mol. The number of H-pyrrole nitrogens is 1. The molecular formula is C16H22N4OS. The third-order valence-corrected chi connectivity index (χ3v) is 5.24. The van der Waals surface area contributed by atoms with Crippen molar-refractivity contribution < 1.29 is 4.79 Å². The number of carbonyl (C=O) groups is 1. The van der Waals surface area contributed by atoms with E-state index >= 15 is 0 Å². The van der Waals surface area contributed by atoms with Gasteiger partial charge in [0.1, 0.15) is 0 Å². The summed E-state index contributed by atoms with van der Waals surface area (Å²) in [6, 6.07) is 6.00. The topological polar surface area (TPSA) is 61.0 Å². The fourth-order valence-electron chi connectivity index (χ4n) is 3.01. The van der Waals surface area contributed by atoms with Crippen LogP contribution in [-0.2, 0) is 11.3 Å². The number of hydrogen-bond acceptors (Lipinski definition) is 4. The Morgan fingerprint density at radius 1 is 1.59 bits per heavy atom. The molecule has 0 radical (unpaired) electrons. The summed E-state index contributed by atoms with van der Waals surface area (Å²) in [6.07, 6.45) is 4.07. The molecule has 0 spiro atoms. The fourth-order valence-corrected chi connectivity index (χ4v) is 3.65. The standard InChI is InChI=1S/C16H22N4OS/c1-12(16(21)17-10-14-5-3-9-22-14)20-8-2-4-13(11-20)15-6-7-18-19-15/h3,5-7,9,12-13H,2,4,8,10-11H2,1H3,(H,17,21)(H,18,19). The Balaban J connectivity index is 1.54. The predicted octanol–water partition coefficient (Wildman–Crippen LogP) is 2.36. The van der Waals surface area contributed by atoms with Crippen molar-refractivity contribution in [1.29, 1.82) is 0 Å². The largest absolute Gasteiger partial charge is 0.350 e. The SMILES string of the molecule is CC(C(=O)NCc1cccs1)N1CCCC(c2ccn[nH]2)C1. The second-order valence-corrected chi connectivity index (χ2v) is 6.85. The van der Waals surface area contributed by atoms with Crippen LogP contribution in [0.15, 0.2) is 29.8 Å². The molecule has 2 aromatic rings. The molecule has 1 amide bonds. The molecule has 1 fully saturated rings. The van der Waals surface area contributed by atoms with Gasteiger partial charge in [0.2, 0.25) is 5.91 Å². The highest BCUT2D eigenvalue weighted by Gasteiger charge is 2.28. The monoisotopic (exact) mass is 318 g/mol. The smallest absolute Gasteiger partial charge is 0.237 e. The Hall–Kier alpha value is -1.66. The molecule has 5 nitrogen and oxygen atoms in total. The summed E-state index contributed by atoms with van der Waals surface area (Å²) in [5, 5.41) is 12.2. The highest BCUT2D eigenvalue weighted by atomic mass is 32.1. The van der Waals surface area contributed by atoms with E-state index in [2.05, 4.69) is 20.4 Å². The van der Waals surface area contributed by atoms with Gasteiger partial charge in [0.05, 0.1) is 12.6 Å². The van der Waals surface area contributed by atoms with Crippen LogP contribution >= 0.6 is 11.3 Å². The number of piperidine rings is 1. The van der Waals surface area contributed by atoms with E-state index < -0.39 is 0 Å². The van der Waals surface area contributed by atoms with Gasteiger partial charge in [0.25, 0.3) is 0 Å². The lowest BCUT2D eigenvalue weighted by Gasteiger charge is -2.35. The van der Waals surface area contributed by atoms with Gasteiger partial charge in [-0.3, -0.25) is 14.8 Å². The third kappa shape index (κ3) is 3.56. The van der Waals surface area contributed by atoms with Crippen molar-refractivity contribution in [3.8, 4) is 0 Å². The molecule has 0 aromatic carbocycles. The number of rotatable bonds is 5. The van der Waals surface area contributed by atoms with E-state index in [1.807, 2.05) is 30.5 Å². The Morgan fingerprint density at radius 2 is 2.50 bits per heavy atom. The van der Waals surface area contributed by atoms with Crippen molar-refractivity contribution in [1.82, 2.24) is 20.4 Å². The zero-order chi connectivity index (χ0) is 15.4. The molecule has 118 valence electrons. The van der Waals surface area contributed by atoms with Gasteiger partial charge in [0, 0.05) is 29.2 Å². The fraction of sp³-hybridized carbons (Fsp3) is 0.500. The summed E-state index contributed by atoms with van der Waals surface area (Å²) in [6.45, 7) is 4.52. The normalized spacial score (nSPS) is 20.7. The number of thiophene rings is 1. The quantitative estimate of drug-likeness (QED) is 0.889. The number of carbonyl (C=O) groups excluding carboxylic acids is 1. The number of aromatic amines is 1. The lowest BCUT2D eigenvalue weighted by atomic mass is 9.94. The summed E-state index contributed by atoms with van der Waals surface area (Å²) in [5.74, 6) is 0.558. The van der Waals surface area contributed by atoms with E-state index in [9.17, 15) is 4.79 Å². The van der Waals surface area contributed by atoms with Gasteiger partial charge in [-0.2, -0.15) is 5.10 Å². The number of nitrogens with one attached hydrogen (secondary N) is 2. The number of amides is 1. The second-order valence-electron chi connectivity index (χ2n) is 5.82. The van der Waals surface area contributed by atoms with Gasteiger partial charge < -0.3 is 5.32 Å². The van der Waals surface area contributed by atoms with Gasteiger partial charge in [-0.25, -0.2) is 0 Å². The lowest BCUT2D eigenvalue weighted by molar-refractivity contribution is -0.126. The maximum atomic E-state index is 12.4. The first-order chi connectivity index (χ1) is 10.7. The van der Waals surface area contributed by atoms with Gasteiger partial charge in [-0.05, 0) is 43.8 Å². The van der Waals surface area contributed by atoms with E-state index in [4.69, 9.17) is 0 Å². The molecule has 3 rings (SSSR count). The van der Waals surface area contributed by atoms with Crippen LogP contribution in [0, 0.1) is 0 Å². The zero-order valence-corrected chi connectivity index (χ0v) is 13.6. The minimum atomic E-state index is -0.0920. The van der Waals surface area contributed by atoms with Crippen molar-refractivity contribution >= 4 is 17.2 Å². The highest BCUT2D eigenvalue weighted by Crippen LogP contribution is 2.26. The molecular weight excluding hydrogens is 296 g/mol. The van der Waals surface area contributed by atoms with Crippen LogP contribution < -0.4 is 5.32 Å². The van der Waals surface area contributed by atoms with Gasteiger partial charge in [-0.1, -0.05) is 6.07 Å². The summed E-state index contributed by atoms with van der Waals surface area (Å²) >= 11 is 1.67. The van der Waals surface area contributed by atoms with E-state index in [0.717, 1.165) is 25.9 Å². The summed E-state index contributed by atoms with van der Waals surface area (Å²) in [4.78, 5) is 15.8. The van der Waals surface area contributed by atoms with Crippen LogP contribution in [0.2, 0.25) is 0 Å². The number of aromatic nitrogens is 2. The van der Waals surface area contributed by atoms with Crippen LogP contribution in [0.1, 0.15) is 36.3 Å². The summed E-state index contributed by atoms with van der Waals surface area (Å²) in [7, 11) is 0. The summed E-state index contributed by atoms with van der Waals surface area (Å²) < 4.78 is 0. The van der Waals surface area contributed by atoms with Crippen molar-refractivity contribution in [2.75, 3.05) is 13.1 Å². The number of nitrogens with zero attached hydrogens (tertiary/aromatic N) is 2. The first kappa shape index (κ1) is 15.2. The average Bonchev–Trinajstić information content (AvgIpc) is 3.25. The Labute approximate surface area is 134 Å². The average molecular weight is 318 g/mol. The maximum Gasteiger partial charge on any atom is 0.237 e. The molecule has 2 atom stereocenters. The van der Waals surface area contributed by atoms with Crippen LogP contribution in [0.4, 0.5) is 0 Å². The molecule has 0 bridgehead atoms. The van der Waals surface area contributed by atoms with Gasteiger partial charge in [-0.15, -0.1) is 11.3 Å². The van der Waals surface area contributed by atoms with Gasteiger partial charge in [0.15, 0.2) is 0 Å². The highest BCUT2D eigenvalue weighted by molar-refractivity contribution is 7.09. The molecule has 3 heterocycles. The molecule has 2 aromatic heterocycles. The molecule has 2 unspecified atom stereocenters. The molecule has 6 heteroatoms. The van der Waals surface area contributed by atoms with E-state index in [0.29, 0.717) is 12.5 Å². The Kier molecular flexibility index (Phi) is 4.90. The van der Waals surface area contributed by atoms with Crippen molar-refractivity contribution in [2.45, 2.75) is 38.3 Å². The van der Waals surface area contributed by atoms with Crippen molar-refractivity contribution in [3.05, 3.63) is 40.3 Å². The molecule has 1 aliphatic rings. The maximum absolute atomic E-state index is 12.4. The van der Waals surface area contributed by atoms with E-state index in [1.54, 1.807) is 17.5 Å². The molecule has 1 saturated heterocycles. The molecule has 0 aliphatic carbocycles. The van der Waals surface area contributed by atoms with Crippen molar-refractivity contribution in [3.63, 3.8) is 0 Å². The lowest BCUT2D eigenvalue weighted by Crippen LogP contribution is -2.48. The number of likely N-dealkylation sites (tertiary alicyclic amines) is 1. The Bertz CT molecular complexity index is 581. The van der Waals surface area contributed by atoms with Crippen LogP contribution in [-0.4, -0.2) is 40.1 Å². The van der Waals surface area contributed by atoms with Crippen LogP contribution in [0.5, 0.6) is 0 Å². The molecule has 2 N–H and O–H groups in total. The second kappa shape index (κ2) is 7.07. The van der Waals surface area contributed by atoms with Gasteiger partial charge >= 0.3 is 0 Å². The number of hydrogen-bond donors (Lipinski definition) is 2. The first-order valence-corrected chi connectivity index (χ1v) is 8.65. The first-order valence-electron chi connectivity index (χ1n) is 7.77. The summed E-state index contributed by atoms with van der Waals surface area (Å²) in [5.41, 5.74) is 1.18. The van der Waals surface area contributed by atoms with E-state index in [1.165, 1.54) is 10.6 Å². The van der Waals surface area contributed by atoms with Crippen LogP contribution in [0.3, 0.4) is 0 Å². The van der Waals surface area contributed by atoms with Crippen LogP contribution in [0.25, 0.3) is 0 Å². The Morgan fingerprint density at radius 3 is 3.23 bits per heavy atom. The van der Waals surface area contributed by atoms with Crippen molar-refractivity contribution in [2.24, 2.45) is 0 Å². The van der Waals surface area contributed by atoms with E-state index in [-0.39, 0.29) is 11.9 Å². The zero-order valence-electron chi connectivity index (χ0n) is 12.8.